The zero-order chi connectivity index (χ0) is 19.2. The second-order valence-corrected chi connectivity index (χ2v) is 6.38. The minimum absolute atomic E-state index is 0. The fourth-order valence-electron chi connectivity index (χ4n) is 3.03. The Labute approximate surface area is 189 Å². The van der Waals surface area contributed by atoms with Crippen molar-refractivity contribution in [2.45, 2.75) is 31.7 Å². The fourth-order valence-corrected chi connectivity index (χ4v) is 3.03. The molecule has 0 spiro atoms. The van der Waals surface area contributed by atoms with Crippen molar-refractivity contribution in [3.63, 3.8) is 0 Å². The van der Waals surface area contributed by atoms with E-state index in [0.29, 0.717) is 17.7 Å². The molecule has 0 unspecified atom stereocenters. The Morgan fingerprint density at radius 1 is 1.07 bits per heavy atom. The molecule has 1 fully saturated rings. The monoisotopic (exact) mass is 398 g/mol. The molecule has 0 atom stereocenters. The van der Waals surface area contributed by atoms with Crippen LogP contribution < -0.4 is 40.4 Å². The quantitative estimate of drug-likeness (QED) is 0.341. The van der Waals surface area contributed by atoms with Crippen LogP contribution in [0.25, 0.3) is 16.9 Å². The topological polar surface area (TPSA) is 114 Å². The number of nitrogens with one attached hydrogen (secondary N) is 2. The number of aromatic amines is 1. The maximum atomic E-state index is 11.6. The molecule has 0 radical (unpaired) electrons. The molecule has 1 saturated carbocycles. The van der Waals surface area contributed by atoms with E-state index in [0.717, 1.165) is 11.2 Å². The van der Waals surface area contributed by atoms with Crippen LogP contribution in [0.15, 0.2) is 53.8 Å². The van der Waals surface area contributed by atoms with Gasteiger partial charge < -0.3 is 20.3 Å². The van der Waals surface area contributed by atoms with Gasteiger partial charge in [0.15, 0.2) is 0 Å². The summed E-state index contributed by atoms with van der Waals surface area (Å²) >= 11 is 0. The summed E-state index contributed by atoms with van der Waals surface area (Å²) in [5, 5.41) is 7.29. The van der Waals surface area contributed by atoms with E-state index >= 15 is 0 Å². The van der Waals surface area contributed by atoms with Crippen molar-refractivity contribution >= 4 is 17.1 Å². The van der Waals surface area contributed by atoms with E-state index in [9.17, 15) is 4.79 Å². The van der Waals surface area contributed by atoms with E-state index in [1.165, 1.54) is 36.4 Å². The van der Waals surface area contributed by atoms with Crippen LogP contribution in [-0.2, 0) is 0 Å². The summed E-state index contributed by atoms with van der Waals surface area (Å²) in [7, 11) is 0. The molecule has 142 valence electrons. The van der Waals surface area contributed by atoms with E-state index in [1.807, 2.05) is 12.1 Å². The summed E-state index contributed by atoms with van der Waals surface area (Å²) in [6, 6.07) is 7.27. The smallest absolute Gasteiger partial charge is 0.446 e. The number of H-pyrrole nitrogens is 1. The van der Waals surface area contributed by atoms with Crippen LogP contribution in [0.1, 0.15) is 25.7 Å². The molecule has 10 heteroatoms. The minimum Gasteiger partial charge on any atom is -0.446 e. The van der Waals surface area contributed by atoms with Crippen molar-refractivity contribution in [3.8, 4) is 5.69 Å². The first-order valence-corrected chi connectivity index (χ1v) is 9.10. The van der Waals surface area contributed by atoms with Crippen molar-refractivity contribution in [2.24, 2.45) is 0 Å². The van der Waals surface area contributed by atoms with Gasteiger partial charge in [0.25, 0.3) is 5.56 Å². The van der Waals surface area contributed by atoms with Crippen molar-refractivity contribution in [2.75, 3.05) is 5.32 Å². The first kappa shape index (κ1) is 21.1. The van der Waals surface area contributed by atoms with Crippen LogP contribution in [0, 0.1) is 6.33 Å². The third kappa shape index (κ3) is 5.47. The predicted molar refractivity (Wildman–Crippen MR) is 104 cm³/mol. The van der Waals surface area contributed by atoms with Gasteiger partial charge in [0, 0.05) is 30.1 Å². The SMILES string of the molecule is O=c1cccnn1-c1cnc(NC2CCCC2)nc1.[Na+].[c-]1nc2cccnc2[nH]1. The summed E-state index contributed by atoms with van der Waals surface area (Å²) in [5.41, 5.74) is 2.03. The normalized spacial score (nSPS) is 13.4. The van der Waals surface area contributed by atoms with E-state index in [2.05, 4.69) is 41.7 Å². The number of pyridine rings is 1. The van der Waals surface area contributed by atoms with Gasteiger partial charge in [0.1, 0.15) is 5.69 Å². The Kier molecular flexibility index (Phi) is 7.45. The Bertz CT molecular complexity index is 1060. The zero-order valence-electron chi connectivity index (χ0n) is 16.1. The summed E-state index contributed by atoms with van der Waals surface area (Å²) in [5.74, 6) is 0.611. The van der Waals surface area contributed by atoms with Crippen LogP contribution >= 0.6 is 0 Å². The molecule has 4 aromatic rings. The van der Waals surface area contributed by atoms with E-state index in [-0.39, 0.29) is 35.1 Å². The van der Waals surface area contributed by atoms with Crippen molar-refractivity contribution in [1.29, 1.82) is 0 Å². The number of fused-ring (bicyclic) bond motifs is 1. The van der Waals surface area contributed by atoms with Crippen LogP contribution in [0.3, 0.4) is 0 Å². The molecule has 4 heterocycles. The summed E-state index contributed by atoms with van der Waals surface area (Å²) < 4.78 is 1.28. The molecule has 0 saturated heterocycles. The van der Waals surface area contributed by atoms with Crippen LogP contribution in [0.4, 0.5) is 5.95 Å². The Morgan fingerprint density at radius 2 is 1.83 bits per heavy atom. The predicted octanol–water partition coefficient (Wildman–Crippen LogP) is -0.861. The Morgan fingerprint density at radius 3 is 2.55 bits per heavy atom. The number of nitrogens with zero attached hydrogens (tertiary/aromatic N) is 6. The van der Waals surface area contributed by atoms with Gasteiger partial charge in [-0.25, -0.2) is 9.97 Å². The molecule has 0 aliphatic heterocycles. The van der Waals surface area contributed by atoms with E-state index in [4.69, 9.17) is 0 Å². The van der Waals surface area contributed by atoms with Gasteiger partial charge in [0.05, 0.1) is 12.4 Å². The second-order valence-electron chi connectivity index (χ2n) is 6.38. The third-order valence-electron chi connectivity index (χ3n) is 4.42. The minimum atomic E-state index is -0.192. The molecular formula is C19H19N8NaO. The largest absolute Gasteiger partial charge is 1.00 e. The summed E-state index contributed by atoms with van der Waals surface area (Å²) in [4.78, 5) is 30.7. The maximum absolute atomic E-state index is 11.6. The van der Waals surface area contributed by atoms with Crippen LogP contribution in [-0.4, -0.2) is 40.7 Å². The van der Waals surface area contributed by atoms with Gasteiger partial charge in [-0.05, 0) is 25.2 Å². The molecular weight excluding hydrogens is 379 g/mol. The standard InChI is InChI=1S/C13H15N5O.C6H4N3.Na/c19-12-6-3-7-16-18(12)11-8-14-13(15-9-11)17-10-4-1-2-5-10;1-2-5-6(7-3-1)9-4-8-5;/h3,6-10H,1-2,4-5H2,(H,14,15,17);1-3H,(H,7,8,9);/q;-1;+1. The van der Waals surface area contributed by atoms with Crippen molar-refractivity contribution < 1.29 is 29.6 Å². The Balaban J connectivity index is 0.000000201. The Hall–Kier alpha value is -2.62. The van der Waals surface area contributed by atoms with E-state index < -0.39 is 0 Å². The van der Waals surface area contributed by atoms with Crippen LogP contribution in [0.5, 0.6) is 0 Å². The number of imidazole rings is 1. The van der Waals surface area contributed by atoms with Crippen molar-refractivity contribution in [3.05, 3.63) is 65.7 Å². The third-order valence-corrected chi connectivity index (χ3v) is 4.42. The van der Waals surface area contributed by atoms with Gasteiger partial charge in [0.2, 0.25) is 5.95 Å². The summed E-state index contributed by atoms with van der Waals surface area (Å²) in [6.45, 7) is 0. The second kappa shape index (κ2) is 10.2. The van der Waals surface area contributed by atoms with Gasteiger partial charge in [-0.2, -0.15) is 9.78 Å². The molecule has 0 amide bonds. The first-order chi connectivity index (χ1) is 13.8. The molecule has 1 aliphatic carbocycles. The molecule has 29 heavy (non-hydrogen) atoms. The van der Waals surface area contributed by atoms with Crippen molar-refractivity contribution in [1.82, 2.24) is 34.7 Å². The zero-order valence-corrected chi connectivity index (χ0v) is 18.1. The molecule has 0 aromatic carbocycles. The molecule has 2 N–H and O–H groups in total. The van der Waals surface area contributed by atoms with E-state index in [1.54, 1.807) is 30.9 Å². The van der Waals surface area contributed by atoms with Gasteiger partial charge in [-0.1, -0.05) is 30.5 Å². The van der Waals surface area contributed by atoms with Gasteiger partial charge in [-0.15, -0.1) is 0 Å². The maximum Gasteiger partial charge on any atom is 1.00 e. The number of aromatic nitrogens is 7. The first-order valence-electron chi connectivity index (χ1n) is 9.10. The number of hydrogen-bond donors (Lipinski definition) is 2. The summed E-state index contributed by atoms with van der Waals surface area (Å²) in [6.07, 6.45) is 14.0. The fraction of sp³-hybridized carbons (Fsp3) is 0.263. The number of hydrogen-bond acceptors (Lipinski definition) is 7. The molecule has 9 nitrogen and oxygen atoms in total. The number of rotatable bonds is 3. The van der Waals surface area contributed by atoms with Crippen LogP contribution in [0.2, 0.25) is 0 Å². The molecule has 4 aromatic heterocycles. The molecule has 0 bridgehead atoms. The average Bonchev–Trinajstić information content (AvgIpc) is 3.41. The average molecular weight is 398 g/mol. The number of anilines is 1. The molecule has 5 rings (SSSR count). The van der Waals surface area contributed by atoms with Gasteiger partial charge in [-0.3, -0.25) is 4.79 Å². The molecule has 1 aliphatic rings. The van der Waals surface area contributed by atoms with Gasteiger partial charge >= 0.3 is 29.6 Å².